The number of hydrogen-bond acceptors (Lipinski definition) is 5. The van der Waals surface area contributed by atoms with E-state index in [2.05, 4.69) is 20.7 Å². The van der Waals surface area contributed by atoms with Gasteiger partial charge in [-0.05, 0) is 42.3 Å². The van der Waals surface area contributed by atoms with Crippen LogP contribution in [0.2, 0.25) is 0 Å². The van der Waals surface area contributed by atoms with E-state index in [0.717, 1.165) is 0 Å². The maximum absolute atomic E-state index is 12.5. The summed E-state index contributed by atoms with van der Waals surface area (Å²) in [6.07, 6.45) is 0.303. The van der Waals surface area contributed by atoms with Gasteiger partial charge in [-0.2, -0.15) is 0 Å². The molecule has 2 N–H and O–H groups in total. The van der Waals surface area contributed by atoms with Crippen LogP contribution in [0.5, 0.6) is 11.5 Å². The highest BCUT2D eigenvalue weighted by Gasteiger charge is 2.28. The number of nitrogens with one attached hydrogen (secondary N) is 1. The van der Waals surface area contributed by atoms with Crippen molar-refractivity contribution < 1.29 is 23.0 Å². The maximum Gasteiger partial charge on any atom is 0.242 e. The standard InChI is InChI=1S/C13H20BrNO5S/c1-13(2,5-6-16)15-21(17,18)12-8-11(20-4)10(19-3)7-9(12)14/h7-8,15-16H,5-6H2,1-4H3. The second kappa shape index (κ2) is 6.95. The Morgan fingerprint density at radius 3 is 2.24 bits per heavy atom. The normalized spacial score (nSPS) is 12.3. The first-order valence-corrected chi connectivity index (χ1v) is 8.51. The molecule has 6 nitrogen and oxygen atoms in total. The maximum atomic E-state index is 12.5. The van der Waals surface area contributed by atoms with Gasteiger partial charge in [0.05, 0.1) is 14.2 Å². The zero-order valence-electron chi connectivity index (χ0n) is 12.4. The Hall–Kier alpha value is -0.830. The second-order valence-corrected chi connectivity index (χ2v) is 7.61. The van der Waals surface area contributed by atoms with Crippen molar-refractivity contribution in [2.24, 2.45) is 0 Å². The highest BCUT2D eigenvalue weighted by molar-refractivity contribution is 9.10. The minimum atomic E-state index is -3.77. The number of rotatable bonds is 7. The Morgan fingerprint density at radius 1 is 1.24 bits per heavy atom. The van der Waals surface area contributed by atoms with Crippen molar-refractivity contribution >= 4 is 26.0 Å². The molecule has 0 aliphatic rings. The number of halogens is 1. The first-order chi connectivity index (χ1) is 9.66. The minimum Gasteiger partial charge on any atom is -0.493 e. The van der Waals surface area contributed by atoms with Crippen molar-refractivity contribution in [3.63, 3.8) is 0 Å². The molecular formula is C13H20BrNO5S. The lowest BCUT2D eigenvalue weighted by atomic mass is 10.0. The predicted octanol–water partition coefficient (Wildman–Crippen LogP) is 1.91. The van der Waals surface area contributed by atoms with Crippen LogP contribution in [-0.2, 0) is 10.0 Å². The molecule has 0 spiro atoms. The fraction of sp³-hybridized carbons (Fsp3) is 0.538. The molecule has 8 heteroatoms. The van der Waals surface area contributed by atoms with Gasteiger partial charge in [-0.3, -0.25) is 0 Å². The van der Waals surface area contributed by atoms with Crippen LogP contribution in [-0.4, -0.2) is 39.9 Å². The van der Waals surface area contributed by atoms with Gasteiger partial charge >= 0.3 is 0 Å². The van der Waals surface area contributed by atoms with Crippen LogP contribution in [0.4, 0.5) is 0 Å². The van der Waals surface area contributed by atoms with Crippen LogP contribution in [0.1, 0.15) is 20.3 Å². The molecule has 0 amide bonds. The van der Waals surface area contributed by atoms with E-state index in [4.69, 9.17) is 14.6 Å². The Bertz CT molecular complexity index is 601. The average Bonchev–Trinajstić information content (AvgIpc) is 2.36. The summed E-state index contributed by atoms with van der Waals surface area (Å²) in [5.74, 6) is 0.749. The van der Waals surface area contributed by atoms with Crippen LogP contribution >= 0.6 is 15.9 Å². The van der Waals surface area contributed by atoms with Crippen molar-refractivity contribution in [3.8, 4) is 11.5 Å². The molecule has 0 unspecified atom stereocenters. The number of ether oxygens (including phenoxy) is 2. The second-order valence-electron chi connectivity index (χ2n) is 5.10. The van der Waals surface area contributed by atoms with Gasteiger partial charge in [0.2, 0.25) is 10.0 Å². The van der Waals surface area contributed by atoms with E-state index in [1.54, 1.807) is 13.8 Å². The van der Waals surface area contributed by atoms with Crippen molar-refractivity contribution in [2.75, 3.05) is 20.8 Å². The van der Waals surface area contributed by atoms with Gasteiger partial charge in [-0.1, -0.05) is 0 Å². The number of hydrogen-bond donors (Lipinski definition) is 2. The van der Waals surface area contributed by atoms with Crippen LogP contribution in [0, 0.1) is 0 Å². The number of methoxy groups -OCH3 is 2. The van der Waals surface area contributed by atoms with Gasteiger partial charge < -0.3 is 14.6 Å². The molecule has 1 aromatic rings. The van der Waals surface area contributed by atoms with E-state index < -0.39 is 15.6 Å². The van der Waals surface area contributed by atoms with Crippen molar-refractivity contribution in [3.05, 3.63) is 16.6 Å². The minimum absolute atomic E-state index is 0.0474. The molecule has 0 heterocycles. The van der Waals surface area contributed by atoms with E-state index in [-0.39, 0.29) is 11.5 Å². The smallest absolute Gasteiger partial charge is 0.242 e. The van der Waals surface area contributed by atoms with E-state index >= 15 is 0 Å². The molecule has 1 rings (SSSR count). The van der Waals surface area contributed by atoms with Crippen molar-refractivity contribution in [1.82, 2.24) is 4.72 Å². The molecule has 0 aliphatic heterocycles. The molecule has 21 heavy (non-hydrogen) atoms. The number of aliphatic hydroxyl groups excluding tert-OH is 1. The summed E-state index contributed by atoms with van der Waals surface area (Å²) in [4.78, 5) is 0.0474. The van der Waals surface area contributed by atoms with E-state index in [1.165, 1.54) is 26.4 Å². The van der Waals surface area contributed by atoms with Crippen molar-refractivity contribution in [1.29, 1.82) is 0 Å². The summed E-state index contributed by atoms with van der Waals surface area (Å²) in [5.41, 5.74) is -0.764. The SMILES string of the molecule is COc1cc(Br)c(S(=O)(=O)NC(C)(C)CCO)cc1OC. The number of benzene rings is 1. The molecule has 0 bridgehead atoms. The summed E-state index contributed by atoms with van der Waals surface area (Å²) in [6, 6.07) is 2.92. The Balaban J connectivity index is 3.26. The lowest BCUT2D eigenvalue weighted by Crippen LogP contribution is -2.44. The third-order valence-electron chi connectivity index (χ3n) is 2.88. The molecule has 0 atom stereocenters. The molecule has 0 saturated heterocycles. The van der Waals surface area contributed by atoms with Crippen LogP contribution < -0.4 is 14.2 Å². The quantitative estimate of drug-likeness (QED) is 0.753. The molecule has 0 aliphatic carbocycles. The fourth-order valence-electron chi connectivity index (χ4n) is 1.79. The van der Waals surface area contributed by atoms with Gasteiger partial charge in [-0.25, -0.2) is 13.1 Å². The van der Waals surface area contributed by atoms with E-state index in [0.29, 0.717) is 22.4 Å². The summed E-state index contributed by atoms with van der Waals surface area (Å²) in [5, 5.41) is 8.99. The van der Waals surface area contributed by atoms with Gasteiger partial charge in [0.1, 0.15) is 4.90 Å². The van der Waals surface area contributed by atoms with Crippen LogP contribution in [0.15, 0.2) is 21.5 Å². The molecular weight excluding hydrogens is 362 g/mol. The van der Waals surface area contributed by atoms with Gasteiger partial charge in [0, 0.05) is 22.7 Å². The first-order valence-electron chi connectivity index (χ1n) is 6.23. The highest BCUT2D eigenvalue weighted by Crippen LogP contribution is 2.35. The zero-order chi connectivity index (χ0) is 16.3. The molecule has 0 radical (unpaired) electrons. The molecule has 0 fully saturated rings. The van der Waals surface area contributed by atoms with Crippen LogP contribution in [0.3, 0.4) is 0 Å². The zero-order valence-corrected chi connectivity index (χ0v) is 14.8. The summed E-state index contributed by atoms with van der Waals surface area (Å²) in [7, 11) is -0.863. The topological polar surface area (TPSA) is 84.9 Å². The lowest BCUT2D eigenvalue weighted by molar-refractivity contribution is 0.245. The average molecular weight is 382 g/mol. The van der Waals surface area contributed by atoms with Gasteiger partial charge in [0.25, 0.3) is 0 Å². The van der Waals surface area contributed by atoms with Crippen LogP contribution in [0.25, 0.3) is 0 Å². The van der Waals surface area contributed by atoms with Gasteiger partial charge in [-0.15, -0.1) is 0 Å². The number of aliphatic hydroxyl groups is 1. The highest BCUT2D eigenvalue weighted by atomic mass is 79.9. The Labute approximate surface area is 133 Å². The van der Waals surface area contributed by atoms with Crippen molar-refractivity contribution in [2.45, 2.75) is 30.7 Å². The fourth-order valence-corrected chi connectivity index (χ4v) is 4.27. The Morgan fingerprint density at radius 2 is 1.76 bits per heavy atom. The predicted molar refractivity (Wildman–Crippen MR) is 83.3 cm³/mol. The largest absolute Gasteiger partial charge is 0.493 e. The summed E-state index contributed by atoms with van der Waals surface area (Å²) < 4.78 is 38.2. The third kappa shape index (κ3) is 4.57. The lowest BCUT2D eigenvalue weighted by Gasteiger charge is -2.25. The van der Waals surface area contributed by atoms with Gasteiger partial charge in [0.15, 0.2) is 11.5 Å². The third-order valence-corrected chi connectivity index (χ3v) is 5.53. The first kappa shape index (κ1) is 18.2. The van der Waals surface area contributed by atoms with E-state index in [1.807, 2.05) is 0 Å². The monoisotopic (exact) mass is 381 g/mol. The molecule has 1 aromatic carbocycles. The molecule has 120 valence electrons. The summed E-state index contributed by atoms with van der Waals surface area (Å²) >= 11 is 3.23. The molecule has 0 aromatic heterocycles. The number of sulfonamides is 1. The molecule has 0 saturated carbocycles. The van der Waals surface area contributed by atoms with E-state index in [9.17, 15) is 8.42 Å². The summed E-state index contributed by atoms with van der Waals surface area (Å²) in [6.45, 7) is 3.30. The Kier molecular flexibility index (Phi) is 6.03.